The topological polar surface area (TPSA) is 108 Å². The number of ketones is 1. The van der Waals surface area contributed by atoms with Crippen LogP contribution < -0.4 is 16.6 Å². The molecule has 0 saturated heterocycles. The third-order valence-electron chi connectivity index (χ3n) is 5.87. The molecular formula is C23H19Cl2N3O4. The summed E-state index contributed by atoms with van der Waals surface area (Å²) >= 11 is 12.2. The first-order valence-electron chi connectivity index (χ1n) is 10.1. The summed E-state index contributed by atoms with van der Waals surface area (Å²) in [6, 6.07) is 8.63. The lowest BCUT2D eigenvalue weighted by molar-refractivity contribution is -0.118. The Morgan fingerprint density at radius 3 is 2.53 bits per heavy atom. The zero-order valence-corrected chi connectivity index (χ0v) is 18.8. The lowest BCUT2D eigenvalue weighted by Gasteiger charge is -2.37. The van der Waals surface area contributed by atoms with Crippen LogP contribution in [0.15, 0.2) is 55.6 Å². The summed E-state index contributed by atoms with van der Waals surface area (Å²) in [4.78, 5) is 42.9. The van der Waals surface area contributed by atoms with Gasteiger partial charge >= 0.3 is 5.69 Å². The largest absolute Gasteiger partial charge is 0.460 e. The van der Waals surface area contributed by atoms with Gasteiger partial charge in [0.15, 0.2) is 5.78 Å². The average Bonchev–Trinajstić information content (AvgIpc) is 3.17. The fraction of sp³-hybridized carbons (Fsp3) is 0.261. The second kappa shape index (κ2) is 7.25. The number of hydrogen-bond acceptors (Lipinski definition) is 5. The minimum absolute atomic E-state index is 0.0579. The molecule has 3 N–H and O–H groups in total. The molecule has 0 amide bonds. The smallest absolute Gasteiger partial charge is 0.327 e. The third kappa shape index (κ3) is 3.42. The maximum Gasteiger partial charge on any atom is 0.327 e. The van der Waals surface area contributed by atoms with Crippen molar-refractivity contribution < 1.29 is 9.21 Å². The van der Waals surface area contributed by atoms with Crippen molar-refractivity contribution in [2.45, 2.75) is 32.6 Å². The van der Waals surface area contributed by atoms with Crippen LogP contribution in [0.1, 0.15) is 43.9 Å². The molecule has 5 rings (SSSR count). The first-order chi connectivity index (χ1) is 15.1. The standard InChI is InChI=1S/C23H19Cl2N3O4/c1-23(2)8-13-17(14(29)9-23)18(19-20(26-13)27-22(31)28-21(19)30)16-6-5-15(32-16)10-3-4-11(24)12(25)7-10/h3-7,18H,8-9H2,1-2H3,(H3,26,27,28,30,31). The fourth-order valence-corrected chi connectivity index (χ4v) is 4.84. The molecule has 2 aromatic heterocycles. The zero-order valence-electron chi connectivity index (χ0n) is 17.3. The van der Waals surface area contributed by atoms with Crippen LogP contribution in [0.2, 0.25) is 10.0 Å². The van der Waals surface area contributed by atoms with Gasteiger partial charge in [-0.3, -0.25) is 19.6 Å². The Morgan fingerprint density at radius 2 is 1.78 bits per heavy atom. The van der Waals surface area contributed by atoms with E-state index >= 15 is 0 Å². The highest BCUT2D eigenvalue weighted by atomic mass is 35.5. The van der Waals surface area contributed by atoms with Gasteiger partial charge in [-0.25, -0.2) is 4.79 Å². The van der Waals surface area contributed by atoms with Crippen LogP contribution in [0.3, 0.4) is 0 Å². The lowest BCUT2D eigenvalue weighted by Crippen LogP contribution is -2.38. The summed E-state index contributed by atoms with van der Waals surface area (Å²) < 4.78 is 6.13. The van der Waals surface area contributed by atoms with Gasteiger partial charge in [-0.2, -0.15) is 0 Å². The minimum Gasteiger partial charge on any atom is -0.460 e. The first-order valence-corrected chi connectivity index (χ1v) is 10.8. The molecule has 7 nitrogen and oxygen atoms in total. The van der Waals surface area contributed by atoms with Gasteiger partial charge in [-0.15, -0.1) is 0 Å². The second-order valence-electron chi connectivity index (χ2n) is 8.92. The van der Waals surface area contributed by atoms with E-state index in [9.17, 15) is 14.4 Å². The normalized spacial score (nSPS) is 19.4. The molecule has 9 heteroatoms. The average molecular weight is 472 g/mol. The van der Waals surface area contributed by atoms with Gasteiger partial charge in [-0.1, -0.05) is 37.0 Å². The number of anilines is 1. The summed E-state index contributed by atoms with van der Waals surface area (Å²) in [5.41, 5.74) is 0.689. The molecule has 164 valence electrons. The van der Waals surface area contributed by atoms with E-state index in [0.29, 0.717) is 51.2 Å². The second-order valence-corrected chi connectivity index (χ2v) is 9.73. The monoisotopic (exact) mass is 471 g/mol. The van der Waals surface area contributed by atoms with E-state index in [2.05, 4.69) is 15.3 Å². The molecule has 0 spiro atoms. The molecule has 0 radical (unpaired) electrons. The van der Waals surface area contributed by atoms with Crippen molar-refractivity contribution in [2.24, 2.45) is 5.41 Å². The molecule has 3 aromatic rings. The zero-order chi connectivity index (χ0) is 22.8. The number of Topliss-reactive ketones (excluding diaryl/α,β-unsaturated/α-hetero) is 1. The number of aromatic nitrogens is 2. The summed E-state index contributed by atoms with van der Waals surface area (Å²) in [5.74, 6) is 0.414. The predicted octanol–water partition coefficient (Wildman–Crippen LogP) is 4.83. The number of carbonyl (C=O) groups excluding carboxylic acids is 1. The van der Waals surface area contributed by atoms with Gasteiger partial charge in [0.05, 0.1) is 21.5 Å². The van der Waals surface area contributed by atoms with Crippen molar-refractivity contribution in [3.05, 3.63) is 83.8 Å². The predicted molar refractivity (Wildman–Crippen MR) is 122 cm³/mol. The van der Waals surface area contributed by atoms with E-state index in [-0.39, 0.29) is 22.6 Å². The van der Waals surface area contributed by atoms with Crippen LogP contribution in [-0.4, -0.2) is 15.8 Å². The van der Waals surface area contributed by atoms with Crippen LogP contribution in [0, 0.1) is 5.41 Å². The molecule has 1 atom stereocenters. The summed E-state index contributed by atoms with van der Waals surface area (Å²) in [6.07, 6.45) is 0.945. The number of halogens is 2. The number of benzene rings is 1. The Balaban J connectivity index is 1.70. The van der Waals surface area contributed by atoms with Gasteiger partial charge < -0.3 is 9.73 Å². The van der Waals surface area contributed by atoms with Crippen molar-refractivity contribution in [1.29, 1.82) is 0 Å². The molecule has 1 aliphatic heterocycles. The summed E-state index contributed by atoms with van der Waals surface area (Å²) in [5, 5.41) is 3.94. The number of allylic oxidation sites excluding steroid dienone is 2. The van der Waals surface area contributed by atoms with E-state index in [1.54, 1.807) is 30.3 Å². The molecular weight excluding hydrogens is 453 g/mol. The Kier molecular flexibility index (Phi) is 4.72. The Morgan fingerprint density at radius 1 is 1.00 bits per heavy atom. The van der Waals surface area contributed by atoms with Gasteiger partial charge in [0.1, 0.15) is 17.3 Å². The number of fused-ring (bicyclic) bond motifs is 1. The summed E-state index contributed by atoms with van der Waals surface area (Å²) in [7, 11) is 0. The minimum atomic E-state index is -0.748. The third-order valence-corrected chi connectivity index (χ3v) is 6.61. The van der Waals surface area contributed by atoms with E-state index in [1.807, 2.05) is 13.8 Å². The number of aromatic amines is 2. The van der Waals surface area contributed by atoms with Crippen molar-refractivity contribution >= 4 is 34.8 Å². The fourth-order valence-electron chi connectivity index (χ4n) is 4.54. The van der Waals surface area contributed by atoms with Crippen LogP contribution in [-0.2, 0) is 4.79 Å². The molecule has 32 heavy (non-hydrogen) atoms. The van der Waals surface area contributed by atoms with Crippen LogP contribution in [0.5, 0.6) is 0 Å². The van der Waals surface area contributed by atoms with E-state index < -0.39 is 17.2 Å². The molecule has 1 aliphatic carbocycles. The Labute approximate surface area is 192 Å². The van der Waals surface area contributed by atoms with Gasteiger partial charge in [0.2, 0.25) is 0 Å². The Bertz CT molecular complexity index is 1430. The van der Waals surface area contributed by atoms with Gasteiger partial charge in [0, 0.05) is 23.3 Å². The van der Waals surface area contributed by atoms with E-state index in [0.717, 1.165) is 0 Å². The van der Waals surface area contributed by atoms with Crippen LogP contribution >= 0.6 is 23.2 Å². The molecule has 2 aliphatic rings. The number of rotatable bonds is 2. The molecule has 0 saturated carbocycles. The van der Waals surface area contributed by atoms with Gasteiger partial charge in [-0.05, 0) is 42.2 Å². The van der Waals surface area contributed by atoms with Crippen molar-refractivity contribution in [3.63, 3.8) is 0 Å². The number of hydrogen-bond donors (Lipinski definition) is 3. The molecule has 0 bridgehead atoms. The summed E-state index contributed by atoms with van der Waals surface area (Å²) in [6.45, 7) is 4.02. The molecule has 3 heterocycles. The molecule has 0 fully saturated rings. The maximum absolute atomic E-state index is 13.2. The van der Waals surface area contributed by atoms with Crippen molar-refractivity contribution in [2.75, 3.05) is 5.32 Å². The SMILES string of the molecule is CC1(C)CC(=O)C2=C(C1)Nc1[nH]c(=O)[nH]c(=O)c1C2c1ccc(-c2ccc(Cl)c(Cl)c2)o1. The maximum atomic E-state index is 13.2. The number of furan rings is 1. The highest BCUT2D eigenvalue weighted by Gasteiger charge is 2.43. The highest BCUT2D eigenvalue weighted by molar-refractivity contribution is 6.42. The molecule has 1 unspecified atom stereocenters. The van der Waals surface area contributed by atoms with Crippen molar-refractivity contribution in [1.82, 2.24) is 9.97 Å². The number of nitrogens with one attached hydrogen (secondary N) is 3. The first kappa shape index (κ1) is 20.8. The van der Waals surface area contributed by atoms with Crippen LogP contribution in [0.25, 0.3) is 11.3 Å². The van der Waals surface area contributed by atoms with Crippen molar-refractivity contribution in [3.8, 4) is 11.3 Å². The van der Waals surface area contributed by atoms with E-state index in [1.165, 1.54) is 0 Å². The number of carbonyl (C=O) groups is 1. The quantitative estimate of drug-likeness (QED) is 0.495. The number of H-pyrrole nitrogens is 2. The van der Waals surface area contributed by atoms with E-state index in [4.69, 9.17) is 27.6 Å². The Hall–Kier alpha value is -3.03. The van der Waals surface area contributed by atoms with Crippen LogP contribution in [0.4, 0.5) is 5.82 Å². The molecule has 1 aromatic carbocycles. The lowest BCUT2D eigenvalue weighted by atomic mass is 9.70. The highest BCUT2D eigenvalue weighted by Crippen LogP contribution is 2.48. The van der Waals surface area contributed by atoms with Gasteiger partial charge in [0.25, 0.3) is 5.56 Å².